The fraction of sp³-hybridized carbons (Fsp3) is 0.381. The number of rotatable bonds is 10. The first kappa shape index (κ1) is 19.0. The summed E-state index contributed by atoms with van der Waals surface area (Å²) in [7, 11) is 4.05. The molecule has 134 valence electrons. The molecule has 4 heteroatoms. The molecule has 0 spiro atoms. The predicted octanol–water partition coefficient (Wildman–Crippen LogP) is 3.27. The number of amides is 1. The molecule has 0 saturated heterocycles. The molecule has 0 fully saturated rings. The van der Waals surface area contributed by atoms with Gasteiger partial charge in [-0.15, -0.1) is 0 Å². The Morgan fingerprint density at radius 3 is 2.40 bits per heavy atom. The molecule has 0 aromatic heterocycles. The number of carbonyl (C=O) groups is 1. The van der Waals surface area contributed by atoms with Gasteiger partial charge in [0.1, 0.15) is 12.4 Å². The third-order valence-electron chi connectivity index (χ3n) is 3.93. The van der Waals surface area contributed by atoms with Gasteiger partial charge in [-0.25, -0.2) is 0 Å². The number of aryl methyl sites for hydroxylation is 1. The van der Waals surface area contributed by atoms with E-state index < -0.39 is 0 Å². The fourth-order valence-electron chi connectivity index (χ4n) is 2.44. The Kier molecular flexibility index (Phi) is 7.99. The van der Waals surface area contributed by atoms with Gasteiger partial charge >= 0.3 is 0 Å². The second kappa shape index (κ2) is 10.5. The number of carbonyl (C=O) groups excluding carboxylic acids is 1. The SMILES string of the molecule is CN(C)CCOc1ccc(CNC(=O)CCCc2ccccc2)cc1. The minimum atomic E-state index is 0.0993. The summed E-state index contributed by atoms with van der Waals surface area (Å²) >= 11 is 0. The third-order valence-corrected chi connectivity index (χ3v) is 3.93. The van der Waals surface area contributed by atoms with Crippen LogP contribution in [0.2, 0.25) is 0 Å². The van der Waals surface area contributed by atoms with Crippen molar-refractivity contribution in [1.82, 2.24) is 10.2 Å². The molecule has 0 aliphatic rings. The molecule has 0 bridgehead atoms. The van der Waals surface area contributed by atoms with Crippen molar-refractivity contribution < 1.29 is 9.53 Å². The maximum atomic E-state index is 11.9. The summed E-state index contributed by atoms with van der Waals surface area (Å²) in [6, 6.07) is 18.2. The molecule has 0 radical (unpaired) electrons. The van der Waals surface area contributed by atoms with Crippen molar-refractivity contribution in [3.8, 4) is 5.75 Å². The van der Waals surface area contributed by atoms with Crippen molar-refractivity contribution >= 4 is 5.91 Å². The quantitative estimate of drug-likeness (QED) is 0.722. The predicted molar refractivity (Wildman–Crippen MR) is 102 cm³/mol. The minimum absolute atomic E-state index is 0.0993. The molecule has 2 aromatic carbocycles. The molecule has 4 nitrogen and oxygen atoms in total. The highest BCUT2D eigenvalue weighted by Crippen LogP contribution is 2.12. The lowest BCUT2D eigenvalue weighted by Gasteiger charge is -2.11. The van der Waals surface area contributed by atoms with Gasteiger partial charge in [0.2, 0.25) is 5.91 Å². The first-order valence-electron chi connectivity index (χ1n) is 8.80. The second-order valence-corrected chi connectivity index (χ2v) is 6.41. The van der Waals surface area contributed by atoms with Gasteiger partial charge in [0.15, 0.2) is 0 Å². The van der Waals surface area contributed by atoms with Crippen LogP contribution in [0.25, 0.3) is 0 Å². The summed E-state index contributed by atoms with van der Waals surface area (Å²) in [4.78, 5) is 14.0. The monoisotopic (exact) mass is 340 g/mol. The summed E-state index contributed by atoms with van der Waals surface area (Å²) < 4.78 is 5.66. The van der Waals surface area contributed by atoms with E-state index in [4.69, 9.17) is 4.74 Å². The van der Waals surface area contributed by atoms with Gasteiger partial charge in [0, 0.05) is 19.5 Å². The minimum Gasteiger partial charge on any atom is -0.492 e. The van der Waals surface area contributed by atoms with Crippen LogP contribution >= 0.6 is 0 Å². The number of ether oxygens (including phenoxy) is 1. The molecule has 1 N–H and O–H groups in total. The molecular weight excluding hydrogens is 312 g/mol. The van der Waals surface area contributed by atoms with Crippen molar-refractivity contribution in [1.29, 1.82) is 0 Å². The number of benzene rings is 2. The molecule has 25 heavy (non-hydrogen) atoms. The highest BCUT2D eigenvalue weighted by molar-refractivity contribution is 5.75. The highest BCUT2D eigenvalue weighted by Gasteiger charge is 2.02. The van der Waals surface area contributed by atoms with Crippen LogP contribution in [0.4, 0.5) is 0 Å². The van der Waals surface area contributed by atoms with Crippen molar-refractivity contribution in [3.05, 3.63) is 65.7 Å². The Balaban J connectivity index is 1.64. The van der Waals surface area contributed by atoms with Gasteiger partial charge in [0.05, 0.1) is 0 Å². The molecule has 0 heterocycles. The molecule has 0 atom stereocenters. The lowest BCUT2D eigenvalue weighted by atomic mass is 10.1. The summed E-state index contributed by atoms with van der Waals surface area (Å²) in [6.45, 7) is 2.12. The molecule has 0 aliphatic heterocycles. The van der Waals surface area contributed by atoms with Crippen LogP contribution in [-0.4, -0.2) is 38.1 Å². The lowest BCUT2D eigenvalue weighted by Crippen LogP contribution is -2.22. The Bertz CT molecular complexity index is 624. The summed E-state index contributed by atoms with van der Waals surface area (Å²) in [5.41, 5.74) is 2.36. The van der Waals surface area contributed by atoms with E-state index in [1.54, 1.807) is 0 Å². The number of nitrogens with one attached hydrogen (secondary N) is 1. The number of hydrogen-bond donors (Lipinski definition) is 1. The first-order valence-corrected chi connectivity index (χ1v) is 8.80. The Labute approximate surface area is 150 Å². The van der Waals surface area contributed by atoms with Crippen LogP contribution in [0.15, 0.2) is 54.6 Å². The standard InChI is InChI=1S/C21H28N2O2/c1-23(2)15-16-25-20-13-11-19(12-14-20)17-22-21(24)10-6-9-18-7-4-3-5-8-18/h3-5,7-8,11-14H,6,9-10,15-17H2,1-2H3,(H,22,24). The summed E-state index contributed by atoms with van der Waals surface area (Å²) in [5, 5.41) is 2.98. The van der Waals surface area contributed by atoms with Crippen LogP contribution in [-0.2, 0) is 17.8 Å². The van der Waals surface area contributed by atoms with Crippen LogP contribution in [0.3, 0.4) is 0 Å². The molecule has 1 amide bonds. The first-order chi connectivity index (χ1) is 12.1. The number of likely N-dealkylation sites (N-methyl/N-ethyl adjacent to an activating group) is 1. The average Bonchev–Trinajstić information content (AvgIpc) is 2.62. The molecule has 0 saturated carbocycles. The maximum absolute atomic E-state index is 11.9. The maximum Gasteiger partial charge on any atom is 0.220 e. The van der Waals surface area contributed by atoms with Crippen molar-refractivity contribution in [2.75, 3.05) is 27.2 Å². The largest absolute Gasteiger partial charge is 0.492 e. The normalized spacial score (nSPS) is 10.7. The van der Waals surface area contributed by atoms with E-state index in [0.29, 0.717) is 19.6 Å². The van der Waals surface area contributed by atoms with E-state index in [1.807, 2.05) is 56.6 Å². The molecule has 2 aromatic rings. The van der Waals surface area contributed by atoms with E-state index in [9.17, 15) is 4.79 Å². The number of nitrogens with zero attached hydrogens (tertiary/aromatic N) is 1. The van der Waals surface area contributed by atoms with Crippen molar-refractivity contribution in [3.63, 3.8) is 0 Å². The van der Waals surface area contributed by atoms with E-state index in [0.717, 1.165) is 30.7 Å². The van der Waals surface area contributed by atoms with Gasteiger partial charge < -0.3 is 15.0 Å². The van der Waals surface area contributed by atoms with E-state index in [2.05, 4.69) is 22.3 Å². The topological polar surface area (TPSA) is 41.6 Å². The van der Waals surface area contributed by atoms with Gasteiger partial charge in [0.25, 0.3) is 0 Å². The zero-order valence-corrected chi connectivity index (χ0v) is 15.2. The smallest absolute Gasteiger partial charge is 0.220 e. The van der Waals surface area contributed by atoms with Gasteiger partial charge in [-0.3, -0.25) is 4.79 Å². The van der Waals surface area contributed by atoms with Crippen LogP contribution in [0, 0.1) is 0 Å². The Hall–Kier alpha value is -2.33. The van der Waals surface area contributed by atoms with Gasteiger partial charge in [-0.1, -0.05) is 42.5 Å². The van der Waals surface area contributed by atoms with E-state index in [-0.39, 0.29) is 5.91 Å². The second-order valence-electron chi connectivity index (χ2n) is 6.41. The van der Waals surface area contributed by atoms with Crippen LogP contribution < -0.4 is 10.1 Å². The molecule has 0 aliphatic carbocycles. The van der Waals surface area contributed by atoms with Crippen LogP contribution in [0.1, 0.15) is 24.0 Å². The molecular formula is C21H28N2O2. The van der Waals surface area contributed by atoms with E-state index >= 15 is 0 Å². The lowest BCUT2D eigenvalue weighted by molar-refractivity contribution is -0.121. The Morgan fingerprint density at radius 2 is 1.72 bits per heavy atom. The number of hydrogen-bond acceptors (Lipinski definition) is 3. The van der Waals surface area contributed by atoms with Crippen molar-refractivity contribution in [2.24, 2.45) is 0 Å². The average molecular weight is 340 g/mol. The highest BCUT2D eigenvalue weighted by atomic mass is 16.5. The van der Waals surface area contributed by atoms with Crippen LogP contribution in [0.5, 0.6) is 5.75 Å². The zero-order valence-electron chi connectivity index (χ0n) is 15.2. The Morgan fingerprint density at radius 1 is 1.00 bits per heavy atom. The third kappa shape index (κ3) is 7.86. The van der Waals surface area contributed by atoms with E-state index in [1.165, 1.54) is 5.56 Å². The van der Waals surface area contributed by atoms with Crippen molar-refractivity contribution in [2.45, 2.75) is 25.8 Å². The zero-order chi connectivity index (χ0) is 17.9. The van der Waals surface area contributed by atoms with Gasteiger partial charge in [-0.05, 0) is 50.2 Å². The molecule has 2 rings (SSSR count). The summed E-state index contributed by atoms with van der Waals surface area (Å²) in [6.07, 6.45) is 2.36. The molecule has 0 unspecified atom stereocenters. The van der Waals surface area contributed by atoms with Gasteiger partial charge in [-0.2, -0.15) is 0 Å². The fourth-order valence-corrected chi connectivity index (χ4v) is 2.44. The summed E-state index contributed by atoms with van der Waals surface area (Å²) in [5.74, 6) is 0.960.